The molecule has 2 N–H and O–H groups in total. The first-order valence-electron chi connectivity index (χ1n) is 23.0. The van der Waals surface area contributed by atoms with Gasteiger partial charge in [0.15, 0.2) is 0 Å². The van der Waals surface area contributed by atoms with Crippen LogP contribution in [-0.2, 0) is 16.2 Å². The lowest BCUT2D eigenvalue weighted by Crippen LogP contribution is -2.70. The Morgan fingerprint density at radius 1 is 0.855 bits per heavy atom. The molecule has 0 unspecified atom stereocenters. The fraction of sp³-hybridized carbons (Fsp3) is 0.400. The van der Waals surface area contributed by atoms with Crippen molar-refractivity contribution in [2.24, 2.45) is 22.9 Å². The Morgan fingerprint density at radius 2 is 1.51 bits per heavy atom. The summed E-state index contributed by atoms with van der Waals surface area (Å²) in [5.41, 5.74) is 2.18. The first-order chi connectivity index (χ1) is 33.4. The summed E-state index contributed by atoms with van der Waals surface area (Å²) in [5.74, 6) is -1.91. The van der Waals surface area contributed by atoms with Crippen LogP contribution in [0.5, 0.6) is 23.0 Å². The van der Waals surface area contributed by atoms with Gasteiger partial charge in [0.1, 0.15) is 35.6 Å². The van der Waals surface area contributed by atoms with Crippen LogP contribution >= 0.6 is 0 Å². The molecule has 1 aliphatic heterocycles. The summed E-state index contributed by atoms with van der Waals surface area (Å²) in [5, 5.41) is 59.3. The lowest BCUT2D eigenvalue weighted by molar-refractivity contribution is -0.385. The highest BCUT2D eigenvalue weighted by Gasteiger charge is 2.65. The van der Waals surface area contributed by atoms with Crippen molar-refractivity contribution in [2.75, 3.05) is 26.4 Å². The molecule has 7 rings (SSSR count). The van der Waals surface area contributed by atoms with Gasteiger partial charge in [-0.05, 0) is 104 Å². The summed E-state index contributed by atoms with van der Waals surface area (Å²) >= 11 is 0. The van der Waals surface area contributed by atoms with Crippen molar-refractivity contribution in [3.8, 4) is 23.0 Å². The van der Waals surface area contributed by atoms with Crippen LogP contribution in [0.2, 0.25) is 0 Å². The van der Waals surface area contributed by atoms with Crippen LogP contribution in [0, 0.1) is 48.1 Å². The molecule has 1 fully saturated rings. The third-order valence-electron chi connectivity index (χ3n) is 12.8. The van der Waals surface area contributed by atoms with Crippen molar-refractivity contribution in [3.05, 3.63) is 157 Å². The van der Waals surface area contributed by atoms with Gasteiger partial charge < -0.3 is 34.0 Å². The normalized spacial score (nSPS) is 21.7. The van der Waals surface area contributed by atoms with Crippen molar-refractivity contribution < 1.29 is 53.6 Å². The molecule has 4 aromatic carbocycles. The van der Waals surface area contributed by atoms with Gasteiger partial charge in [-0.1, -0.05) is 43.1 Å². The number of amides is 1. The summed E-state index contributed by atoms with van der Waals surface area (Å²) in [7, 11) is 0. The number of nitro groups is 3. The molecule has 19 nitrogen and oxygen atoms in total. The van der Waals surface area contributed by atoms with E-state index in [1.54, 1.807) is 36.4 Å². The molecule has 6 atom stereocenters. The average Bonchev–Trinajstić information content (AvgIpc) is 3.34. The van der Waals surface area contributed by atoms with Crippen molar-refractivity contribution in [1.82, 2.24) is 4.90 Å². The number of aliphatic hydroxyl groups excluding tert-OH is 2. The van der Waals surface area contributed by atoms with E-state index in [2.05, 4.69) is 12.7 Å². The maximum Gasteiger partial charge on any atom is 0.415 e. The Bertz CT molecular complexity index is 2550. The zero-order valence-electron chi connectivity index (χ0n) is 38.1. The van der Waals surface area contributed by atoms with Crippen LogP contribution in [-0.4, -0.2) is 79.9 Å². The van der Waals surface area contributed by atoms with Crippen LogP contribution in [0.4, 0.5) is 21.9 Å². The largest absolute Gasteiger partial charge is 0.459 e. The fourth-order valence-corrected chi connectivity index (χ4v) is 9.82. The molecule has 364 valence electrons. The number of rotatable bonds is 23. The zero-order valence-corrected chi connectivity index (χ0v) is 38.1. The minimum Gasteiger partial charge on any atom is -0.459 e. The molecule has 69 heavy (non-hydrogen) atoms. The minimum atomic E-state index is -1.65. The van der Waals surface area contributed by atoms with Crippen molar-refractivity contribution >= 4 is 28.9 Å². The molecule has 1 heterocycles. The van der Waals surface area contributed by atoms with E-state index < -0.39 is 44.5 Å². The molecule has 2 aliphatic carbocycles. The molecule has 0 radical (unpaired) electrons. The Hall–Kier alpha value is -7.22. The van der Waals surface area contributed by atoms with E-state index in [0.29, 0.717) is 67.7 Å². The standard InChI is InChI=1S/C50H55N5O14/c1-3-24-52(49(58)68-38-20-18-36(19-21-38)54(61)62)46-31-44(51-66-32-33-14-16-35(17-15-33)53(59)60)42-28-34(10-5-7-25-56)41(13-6-8-26-57)47-43-30-40(67-39-12-9-11-37(29-39)55(63)64)22-23-45(43)69-50(46,48(42)47)65-27-4-2/h4,9,11-12,14-23,28-30,34,41,46-48,56-57H,2-3,5-8,10,13,24-27,31-32H2,1H3/t34-,41+,46-,47+,48+,50+/m0/s1. The summed E-state index contributed by atoms with van der Waals surface area (Å²) in [6, 6.07) is 21.3. The van der Waals surface area contributed by atoms with Gasteiger partial charge >= 0.3 is 6.09 Å². The lowest BCUT2D eigenvalue weighted by atomic mass is 9.55. The van der Waals surface area contributed by atoms with E-state index in [0.717, 1.165) is 11.1 Å². The van der Waals surface area contributed by atoms with Crippen LogP contribution in [0.15, 0.2) is 120 Å². The molecule has 1 amide bonds. The molecule has 0 bridgehead atoms. The van der Waals surface area contributed by atoms with E-state index in [-0.39, 0.29) is 79.8 Å². The number of ether oxygens (including phenoxy) is 4. The fourth-order valence-electron chi connectivity index (χ4n) is 9.82. The van der Waals surface area contributed by atoms with Gasteiger partial charge in [-0.15, -0.1) is 6.58 Å². The van der Waals surface area contributed by atoms with E-state index in [1.807, 2.05) is 13.0 Å². The first kappa shape index (κ1) is 49.7. The number of fused-ring (bicyclic) bond motifs is 2. The summed E-state index contributed by atoms with van der Waals surface area (Å²) in [6.45, 7) is 5.95. The van der Waals surface area contributed by atoms with E-state index in [1.165, 1.54) is 59.5 Å². The highest BCUT2D eigenvalue weighted by atomic mass is 16.7. The second-order valence-corrected chi connectivity index (χ2v) is 17.1. The maximum atomic E-state index is 14.7. The minimum absolute atomic E-state index is 0.00611. The summed E-state index contributed by atoms with van der Waals surface area (Å²) in [6.07, 6.45) is 7.28. The number of carbonyl (C=O) groups is 1. The molecule has 0 saturated heterocycles. The third kappa shape index (κ3) is 11.2. The first-order valence-corrected chi connectivity index (χ1v) is 23.0. The number of oxime groups is 1. The number of non-ortho nitro benzene ring substituents is 3. The highest BCUT2D eigenvalue weighted by Crippen LogP contribution is 2.62. The number of allylic oxidation sites excluding steroid dienone is 1. The number of nitro benzene ring substituents is 3. The second-order valence-electron chi connectivity index (χ2n) is 17.1. The topological polar surface area (TPSA) is 249 Å². The van der Waals surface area contributed by atoms with Crippen LogP contribution < -0.4 is 14.2 Å². The van der Waals surface area contributed by atoms with Gasteiger partial charge in [-0.25, -0.2) is 4.79 Å². The molecule has 0 spiro atoms. The lowest BCUT2D eigenvalue weighted by Gasteiger charge is -2.59. The third-order valence-corrected chi connectivity index (χ3v) is 12.8. The quantitative estimate of drug-likeness (QED) is 0.0304. The van der Waals surface area contributed by atoms with Gasteiger partial charge in [-0.2, -0.15) is 0 Å². The average molecular weight is 950 g/mol. The predicted molar refractivity (Wildman–Crippen MR) is 252 cm³/mol. The Labute approximate surface area is 398 Å². The molecule has 1 saturated carbocycles. The summed E-state index contributed by atoms with van der Waals surface area (Å²) in [4.78, 5) is 55.3. The molecule has 19 heteroatoms. The molecule has 0 aromatic heterocycles. The van der Waals surface area contributed by atoms with Gasteiger partial charge in [-0.3, -0.25) is 35.2 Å². The molecular weight excluding hydrogens is 895 g/mol. The molecular formula is C50H55N5O14. The van der Waals surface area contributed by atoms with Gasteiger partial charge in [0, 0.05) is 68.0 Å². The Kier molecular flexibility index (Phi) is 16.4. The smallest absolute Gasteiger partial charge is 0.415 e. The van der Waals surface area contributed by atoms with Gasteiger partial charge in [0.2, 0.25) is 5.79 Å². The Balaban J connectivity index is 1.42. The molecule has 3 aliphatic rings. The van der Waals surface area contributed by atoms with Crippen LogP contribution in [0.3, 0.4) is 0 Å². The van der Waals surface area contributed by atoms with Crippen molar-refractivity contribution in [3.63, 3.8) is 0 Å². The van der Waals surface area contributed by atoms with E-state index in [4.69, 9.17) is 28.9 Å². The number of aliphatic hydroxyl groups is 2. The number of hydrogen-bond donors (Lipinski definition) is 2. The van der Waals surface area contributed by atoms with Gasteiger partial charge in [0.25, 0.3) is 17.1 Å². The molecule has 4 aromatic rings. The SMILES string of the molecule is C=CCO[C@@]12Oc3ccc(Oc4cccc([N+](=O)[O-])c4)cc3[C@H]3[C@H](CCCCO)[C@@H](CCCCO)C=C(C(=NOCc4ccc([N+](=O)[O-])cc4)C[C@@H]1N(CCC)C(=O)Oc1ccc([N+](=O)[O-])cc1)[C@H]32. The monoisotopic (exact) mass is 949 g/mol. The second kappa shape index (κ2) is 22.7. The number of hydrogen-bond acceptors (Lipinski definition) is 15. The number of carbonyl (C=O) groups excluding carboxylic acids is 1. The van der Waals surface area contributed by atoms with Crippen molar-refractivity contribution in [2.45, 2.75) is 82.6 Å². The van der Waals surface area contributed by atoms with E-state index in [9.17, 15) is 45.4 Å². The van der Waals surface area contributed by atoms with Crippen LogP contribution in [0.25, 0.3) is 0 Å². The van der Waals surface area contributed by atoms with Gasteiger partial charge in [0.05, 0.1) is 39.1 Å². The van der Waals surface area contributed by atoms with E-state index >= 15 is 0 Å². The summed E-state index contributed by atoms with van der Waals surface area (Å²) < 4.78 is 26.5. The number of unbranched alkanes of at least 4 members (excludes halogenated alkanes) is 2. The number of nitrogens with zero attached hydrogens (tertiary/aromatic N) is 5. The highest BCUT2D eigenvalue weighted by molar-refractivity contribution is 6.03. The predicted octanol–water partition coefficient (Wildman–Crippen LogP) is 9.95. The van der Waals surface area contributed by atoms with Crippen molar-refractivity contribution in [1.29, 1.82) is 0 Å². The Morgan fingerprint density at radius 3 is 2.16 bits per heavy atom. The van der Waals surface area contributed by atoms with Crippen LogP contribution in [0.1, 0.15) is 75.3 Å². The maximum absolute atomic E-state index is 14.7. The zero-order chi connectivity index (χ0) is 49.1. The number of benzene rings is 4.